The molecule has 1 fully saturated rings. The number of carbonyl (C=O) groups excluding carboxylic acids is 1. The smallest absolute Gasteiger partial charge is 0.250 e. The zero-order valence-electron chi connectivity index (χ0n) is 10.4. The summed E-state index contributed by atoms with van der Waals surface area (Å²) in [6, 6.07) is 4.89. The number of primary amides is 1. The number of rotatable bonds is 4. The number of hydrogen-bond donors (Lipinski definition) is 3. The summed E-state index contributed by atoms with van der Waals surface area (Å²) in [5.74, 6) is -0.356. The molecule has 2 rings (SSSR count). The highest BCUT2D eigenvalue weighted by molar-refractivity contribution is 7.92. The van der Waals surface area contributed by atoms with Gasteiger partial charge in [0.05, 0.1) is 27.9 Å². The van der Waals surface area contributed by atoms with Gasteiger partial charge in [0.25, 0.3) is 5.91 Å². The Hall–Kier alpha value is -1.76. The molecule has 5 N–H and O–H groups in total. The molecule has 7 heteroatoms. The number of nitrogens with one attached hydrogen (secondary N) is 1. The summed E-state index contributed by atoms with van der Waals surface area (Å²) in [6.07, 6.45) is 1.36. The second-order valence-electron chi connectivity index (χ2n) is 4.64. The van der Waals surface area contributed by atoms with Gasteiger partial charge in [0.1, 0.15) is 0 Å². The molecule has 104 valence electrons. The number of sulfone groups is 1. The second-order valence-corrected chi connectivity index (χ2v) is 7.04. The standard InChI is InChI=1S/C12H17N3O3S/c13-11-9(12(14)16)4-1-5-10(11)15-7-8-3-2-6-19(8,17)18/h1,4-5,8,15H,2-3,6-7,13H2,(H2,14,16). The Morgan fingerprint density at radius 1 is 1.42 bits per heavy atom. The van der Waals surface area contributed by atoms with Crippen LogP contribution in [0.2, 0.25) is 0 Å². The maximum atomic E-state index is 11.7. The molecule has 19 heavy (non-hydrogen) atoms. The van der Waals surface area contributed by atoms with Crippen LogP contribution in [-0.4, -0.2) is 31.9 Å². The largest absolute Gasteiger partial charge is 0.396 e. The fraction of sp³-hybridized carbons (Fsp3) is 0.417. The molecule has 1 aromatic rings. The summed E-state index contributed by atoms with van der Waals surface area (Å²) in [5, 5.41) is 2.61. The van der Waals surface area contributed by atoms with E-state index in [1.54, 1.807) is 12.1 Å². The fourth-order valence-electron chi connectivity index (χ4n) is 2.25. The predicted octanol–water partition coefficient (Wildman–Crippen LogP) is 0.357. The van der Waals surface area contributed by atoms with Crippen LogP contribution in [-0.2, 0) is 9.84 Å². The summed E-state index contributed by atoms with van der Waals surface area (Å²) >= 11 is 0. The first-order valence-corrected chi connectivity index (χ1v) is 7.77. The average Bonchev–Trinajstić information content (AvgIpc) is 2.67. The van der Waals surface area contributed by atoms with Crippen molar-refractivity contribution < 1.29 is 13.2 Å². The lowest BCUT2D eigenvalue weighted by atomic mass is 10.1. The van der Waals surface area contributed by atoms with Gasteiger partial charge in [-0.1, -0.05) is 6.07 Å². The van der Waals surface area contributed by atoms with Crippen LogP contribution in [0.1, 0.15) is 23.2 Å². The van der Waals surface area contributed by atoms with Crippen LogP contribution in [0.3, 0.4) is 0 Å². The zero-order chi connectivity index (χ0) is 14.0. The van der Waals surface area contributed by atoms with Crippen molar-refractivity contribution in [1.29, 1.82) is 0 Å². The van der Waals surface area contributed by atoms with Gasteiger partial charge < -0.3 is 16.8 Å². The van der Waals surface area contributed by atoms with Crippen molar-refractivity contribution in [2.45, 2.75) is 18.1 Å². The fourth-order valence-corrected chi connectivity index (χ4v) is 4.01. The molecule has 1 aliphatic rings. The molecule has 0 bridgehead atoms. The number of amides is 1. The van der Waals surface area contributed by atoms with Crippen LogP contribution in [0, 0.1) is 0 Å². The molecule has 0 aliphatic carbocycles. The number of carbonyl (C=O) groups is 1. The number of para-hydroxylation sites is 1. The third-order valence-corrected chi connectivity index (χ3v) is 5.63. The highest BCUT2D eigenvalue weighted by Crippen LogP contribution is 2.25. The van der Waals surface area contributed by atoms with Crippen LogP contribution in [0.5, 0.6) is 0 Å². The Morgan fingerprint density at radius 2 is 2.16 bits per heavy atom. The normalized spacial score (nSPS) is 21.2. The number of anilines is 2. The lowest BCUT2D eigenvalue weighted by Crippen LogP contribution is -2.25. The van der Waals surface area contributed by atoms with E-state index in [0.717, 1.165) is 0 Å². The van der Waals surface area contributed by atoms with Crippen molar-refractivity contribution in [3.63, 3.8) is 0 Å². The molecule has 1 aliphatic heterocycles. The Kier molecular flexibility index (Phi) is 3.66. The Labute approximate surface area is 112 Å². The van der Waals surface area contributed by atoms with Crippen molar-refractivity contribution in [2.24, 2.45) is 5.73 Å². The SMILES string of the molecule is NC(=O)c1cccc(NCC2CCCS2(=O)=O)c1N. The van der Waals surface area contributed by atoms with Crippen LogP contribution >= 0.6 is 0 Å². The van der Waals surface area contributed by atoms with Crippen LogP contribution in [0.25, 0.3) is 0 Å². The molecule has 0 aromatic heterocycles. The maximum Gasteiger partial charge on any atom is 0.250 e. The summed E-state index contributed by atoms with van der Waals surface area (Å²) in [4.78, 5) is 11.2. The van der Waals surface area contributed by atoms with Crippen LogP contribution in [0.4, 0.5) is 11.4 Å². The third kappa shape index (κ3) is 2.81. The van der Waals surface area contributed by atoms with E-state index in [1.807, 2.05) is 0 Å². The van der Waals surface area contributed by atoms with E-state index in [4.69, 9.17) is 11.5 Å². The second kappa shape index (κ2) is 5.08. The summed E-state index contributed by atoms with van der Waals surface area (Å²) in [7, 11) is -2.99. The van der Waals surface area contributed by atoms with Crippen molar-refractivity contribution in [3.8, 4) is 0 Å². The van der Waals surface area contributed by atoms with Gasteiger partial charge in [0, 0.05) is 6.54 Å². The van der Waals surface area contributed by atoms with Gasteiger partial charge in [0.15, 0.2) is 9.84 Å². The van der Waals surface area contributed by atoms with Gasteiger partial charge >= 0.3 is 0 Å². The van der Waals surface area contributed by atoms with E-state index in [1.165, 1.54) is 6.07 Å². The first kappa shape index (κ1) is 13.7. The highest BCUT2D eigenvalue weighted by Gasteiger charge is 2.30. The van der Waals surface area contributed by atoms with Crippen molar-refractivity contribution in [1.82, 2.24) is 0 Å². The highest BCUT2D eigenvalue weighted by atomic mass is 32.2. The minimum absolute atomic E-state index is 0.235. The molecular formula is C12H17N3O3S. The molecule has 1 saturated heterocycles. The third-order valence-electron chi connectivity index (χ3n) is 3.35. The number of hydrogen-bond acceptors (Lipinski definition) is 5. The monoisotopic (exact) mass is 283 g/mol. The Balaban J connectivity index is 2.12. The van der Waals surface area contributed by atoms with E-state index >= 15 is 0 Å². The molecule has 6 nitrogen and oxygen atoms in total. The molecule has 1 aromatic carbocycles. The van der Waals surface area contributed by atoms with Gasteiger partial charge in [-0.25, -0.2) is 8.42 Å². The lowest BCUT2D eigenvalue weighted by molar-refractivity contribution is 0.100. The molecular weight excluding hydrogens is 266 g/mol. The molecule has 0 radical (unpaired) electrons. The molecule has 1 amide bonds. The maximum absolute atomic E-state index is 11.7. The van der Waals surface area contributed by atoms with Crippen molar-refractivity contribution in [2.75, 3.05) is 23.3 Å². The number of nitrogens with two attached hydrogens (primary N) is 2. The van der Waals surface area contributed by atoms with Gasteiger partial charge in [-0.3, -0.25) is 4.79 Å². The Bertz CT molecular complexity index is 598. The summed E-state index contributed by atoms with van der Waals surface area (Å²) < 4.78 is 23.4. The predicted molar refractivity (Wildman–Crippen MR) is 74.7 cm³/mol. The zero-order valence-corrected chi connectivity index (χ0v) is 11.2. The molecule has 1 unspecified atom stereocenters. The first-order valence-electron chi connectivity index (χ1n) is 6.05. The molecule has 0 saturated carbocycles. The number of nitrogen functional groups attached to an aromatic ring is 1. The van der Waals surface area contributed by atoms with E-state index in [-0.39, 0.29) is 22.3 Å². The summed E-state index contributed by atoms with van der Waals surface area (Å²) in [5.41, 5.74) is 12.1. The van der Waals surface area contributed by atoms with Gasteiger partial charge in [-0.2, -0.15) is 0 Å². The Morgan fingerprint density at radius 3 is 2.74 bits per heavy atom. The van der Waals surface area contributed by atoms with Crippen LogP contribution in [0.15, 0.2) is 18.2 Å². The van der Waals surface area contributed by atoms with E-state index in [9.17, 15) is 13.2 Å². The quantitative estimate of drug-likeness (QED) is 0.690. The molecule has 1 heterocycles. The minimum atomic E-state index is -2.99. The van der Waals surface area contributed by atoms with Gasteiger partial charge in [0.2, 0.25) is 0 Å². The van der Waals surface area contributed by atoms with Crippen molar-refractivity contribution in [3.05, 3.63) is 23.8 Å². The topological polar surface area (TPSA) is 115 Å². The minimum Gasteiger partial charge on any atom is -0.396 e. The lowest BCUT2D eigenvalue weighted by Gasteiger charge is -2.14. The number of benzene rings is 1. The van der Waals surface area contributed by atoms with Gasteiger partial charge in [-0.05, 0) is 25.0 Å². The van der Waals surface area contributed by atoms with E-state index in [0.29, 0.717) is 25.1 Å². The molecule has 1 atom stereocenters. The molecule has 0 spiro atoms. The summed E-state index contributed by atoms with van der Waals surface area (Å²) in [6.45, 7) is 0.300. The van der Waals surface area contributed by atoms with Gasteiger partial charge in [-0.15, -0.1) is 0 Å². The van der Waals surface area contributed by atoms with E-state index in [2.05, 4.69) is 5.32 Å². The van der Waals surface area contributed by atoms with Crippen LogP contribution < -0.4 is 16.8 Å². The average molecular weight is 283 g/mol. The van der Waals surface area contributed by atoms with E-state index < -0.39 is 15.7 Å². The van der Waals surface area contributed by atoms with Crippen molar-refractivity contribution >= 4 is 27.1 Å². The first-order chi connectivity index (χ1) is 8.92.